The second-order valence-electron chi connectivity index (χ2n) is 7.33. The van der Waals surface area contributed by atoms with Gasteiger partial charge in [-0.2, -0.15) is 0 Å². The topological polar surface area (TPSA) is 87.7 Å². The number of carbonyl (C=O) groups excluding carboxylic acids is 3. The summed E-state index contributed by atoms with van der Waals surface area (Å²) in [5, 5.41) is 7.45. The van der Waals surface area contributed by atoms with Crippen LogP contribution in [0.5, 0.6) is 5.75 Å². The highest BCUT2D eigenvalue weighted by Gasteiger charge is 2.27. The zero-order valence-electron chi connectivity index (χ0n) is 18.6. The first-order chi connectivity index (χ1) is 16.0. The number of methoxy groups -OCH3 is 1. The summed E-state index contributed by atoms with van der Waals surface area (Å²) in [4.78, 5) is 40.7. The Morgan fingerprint density at radius 2 is 1.82 bits per heavy atom. The van der Waals surface area contributed by atoms with Crippen molar-refractivity contribution in [1.29, 1.82) is 0 Å². The molecule has 7 nitrogen and oxygen atoms in total. The van der Waals surface area contributed by atoms with Crippen LogP contribution in [0.4, 0.5) is 5.69 Å². The second-order valence-corrected chi connectivity index (χ2v) is 8.27. The van der Waals surface area contributed by atoms with E-state index in [0.29, 0.717) is 29.3 Å². The van der Waals surface area contributed by atoms with Crippen LogP contribution in [0.25, 0.3) is 0 Å². The van der Waals surface area contributed by atoms with Crippen LogP contribution in [0.3, 0.4) is 0 Å². The van der Waals surface area contributed by atoms with Gasteiger partial charge in [-0.3, -0.25) is 14.4 Å². The molecule has 3 aromatic rings. The minimum Gasteiger partial charge on any atom is -0.497 e. The van der Waals surface area contributed by atoms with Crippen molar-refractivity contribution in [3.8, 4) is 5.75 Å². The monoisotopic (exact) mass is 465 g/mol. The van der Waals surface area contributed by atoms with E-state index >= 15 is 0 Å². The fraction of sp³-hybridized carbons (Fsp3) is 0.240. The highest BCUT2D eigenvalue weighted by atomic mass is 32.1. The van der Waals surface area contributed by atoms with Gasteiger partial charge in [0.2, 0.25) is 11.8 Å². The predicted molar refractivity (Wildman–Crippen MR) is 130 cm³/mol. The van der Waals surface area contributed by atoms with Gasteiger partial charge in [-0.1, -0.05) is 42.5 Å². The van der Waals surface area contributed by atoms with E-state index in [0.717, 1.165) is 5.56 Å². The Morgan fingerprint density at radius 3 is 2.48 bits per heavy atom. The van der Waals surface area contributed by atoms with E-state index in [2.05, 4.69) is 10.6 Å². The molecule has 33 heavy (non-hydrogen) atoms. The number of benzene rings is 2. The molecule has 0 saturated carbocycles. The maximum Gasteiger partial charge on any atom is 0.262 e. The van der Waals surface area contributed by atoms with E-state index in [1.165, 1.54) is 16.2 Å². The molecular formula is C25H27N3O4S. The van der Waals surface area contributed by atoms with Gasteiger partial charge in [0.1, 0.15) is 11.8 Å². The average Bonchev–Trinajstić information content (AvgIpc) is 3.38. The van der Waals surface area contributed by atoms with Crippen molar-refractivity contribution in [3.05, 3.63) is 82.6 Å². The van der Waals surface area contributed by atoms with Crippen LogP contribution in [0.15, 0.2) is 72.1 Å². The van der Waals surface area contributed by atoms with Crippen molar-refractivity contribution in [2.75, 3.05) is 25.5 Å². The lowest BCUT2D eigenvalue weighted by Crippen LogP contribution is -2.51. The highest BCUT2D eigenvalue weighted by molar-refractivity contribution is 7.12. The first-order valence-electron chi connectivity index (χ1n) is 10.6. The molecule has 0 fully saturated rings. The maximum absolute atomic E-state index is 13.4. The lowest BCUT2D eigenvalue weighted by molar-refractivity contribution is -0.136. The minimum atomic E-state index is -0.799. The Morgan fingerprint density at radius 1 is 1.03 bits per heavy atom. The van der Waals surface area contributed by atoms with E-state index in [-0.39, 0.29) is 24.3 Å². The Labute approximate surface area is 197 Å². The molecule has 0 radical (unpaired) electrons. The number of anilines is 1. The van der Waals surface area contributed by atoms with Crippen molar-refractivity contribution in [2.45, 2.75) is 19.4 Å². The van der Waals surface area contributed by atoms with E-state index < -0.39 is 6.04 Å². The second kappa shape index (κ2) is 11.8. The molecule has 1 atom stereocenters. The van der Waals surface area contributed by atoms with Gasteiger partial charge in [-0.25, -0.2) is 0 Å². The van der Waals surface area contributed by atoms with E-state index in [9.17, 15) is 14.4 Å². The quantitative estimate of drug-likeness (QED) is 0.479. The number of hydrogen-bond acceptors (Lipinski definition) is 5. The fourth-order valence-electron chi connectivity index (χ4n) is 3.33. The third kappa shape index (κ3) is 6.92. The zero-order valence-corrected chi connectivity index (χ0v) is 19.4. The molecule has 0 spiro atoms. The van der Waals surface area contributed by atoms with Gasteiger partial charge in [-0.05, 0) is 36.1 Å². The first kappa shape index (κ1) is 24.0. The zero-order chi connectivity index (χ0) is 23.6. The molecule has 1 heterocycles. The Balaban J connectivity index is 1.72. The minimum absolute atomic E-state index is 0.132. The predicted octanol–water partition coefficient (Wildman–Crippen LogP) is 3.59. The number of nitrogens with zero attached hydrogens (tertiary/aromatic N) is 1. The van der Waals surface area contributed by atoms with E-state index in [1.807, 2.05) is 35.7 Å². The maximum atomic E-state index is 13.4. The van der Waals surface area contributed by atoms with Crippen LogP contribution in [0.2, 0.25) is 0 Å². The van der Waals surface area contributed by atoms with Gasteiger partial charge < -0.3 is 20.3 Å². The lowest BCUT2D eigenvalue weighted by atomic mass is 10.0. The molecule has 0 aliphatic heterocycles. The summed E-state index contributed by atoms with van der Waals surface area (Å²) in [7, 11) is 1.55. The van der Waals surface area contributed by atoms with Gasteiger partial charge >= 0.3 is 0 Å². The molecule has 1 aromatic heterocycles. The Hall–Kier alpha value is -3.65. The number of nitrogens with one attached hydrogen (secondary N) is 2. The standard InChI is InChI=1S/C25H27N3O4S/c1-3-28(17-23(29)26-19-11-7-12-20(16-19)32-2)25(31)21(15-18-9-5-4-6-10-18)27-24(30)22-13-8-14-33-22/h4-14,16,21H,3,15,17H2,1-2H3,(H,26,29)(H,27,30). The van der Waals surface area contributed by atoms with Gasteiger partial charge in [0.25, 0.3) is 5.91 Å². The summed E-state index contributed by atoms with van der Waals surface area (Å²) >= 11 is 1.31. The molecule has 3 amide bonds. The van der Waals surface area contributed by atoms with E-state index in [1.54, 1.807) is 50.4 Å². The van der Waals surface area contributed by atoms with Crippen LogP contribution in [-0.2, 0) is 16.0 Å². The van der Waals surface area contributed by atoms with Crippen LogP contribution in [0.1, 0.15) is 22.2 Å². The number of ether oxygens (including phenoxy) is 1. The average molecular weight is 466 g/mol. The van der Waals surface area contributed by atoms with Crippen LogP contribution < -0.4 is 15.4 Å². The molecular weight excluding hydrogens is 438 g/mol. The van der Waals surface area contributed by atoms with Crippen molar-refractivity contribution < 1.29 is 19.1 Å². The molecule has 172 valence electrons. The smallest absolute Gasteiger partial charge is 0.262 e. The van der Waals surface area contributed by atoms with Crippen molar-refractivity contribution in [2.24, 2.45) is 0 Å². The summed E-state index contributed by atoms with van der Waals surface area (Å²) in [6.45, 7) is 1.99. The van der Waals surface area contributed by atoms with Crippen LogP contribution in [0, 0.1) is 0 Å². The lowest BCUT2D eigenvalue weighted by Gasteiger charge is -2.26. The molecule has 1 unspecified atom stereocenters. The Bertz CT molecular complexity index is 1070. The van der Waals surface area contributed by atoms with Crippen LogP contribution in [-0.4, -0.2) is 48.9 Å². The summed E-state index contributed by atoms with van der Waals surface area (Å²) in [6, 6.07) is 19.2. The number of thiophene rings is 1. The molecule has 2 N–H and O–H groups in total. The largest absolute Gasteiger partial charge is 0.497 e. The molecule has 2 aromatic carbocycles. The summed E-state index contributed by atoms with van der Waals surface area (Å²) < 4.78 is 5.18. The van der Waals surface area contributed by atoms with Gasteiger partial charge in [-0.15, -0.1) is 11.3 Å². The number of hydrogen-bond donors (Lipinski definition) is 2. The van der Waals surface area contributed by atoms with Gasteiger partial charge in [0.05, 0.1) is 18.5 Å². The number of carbonyl (C=O) groups is 3. The SMILES string of the molecule is CCN(CC(=O)Nc1cccc(OC)c1)C(=O)C(Cc1ccccc1)NC(=O)c1cccs1. The van der Waals surface area contributed by atoms with Crippen molar-refractivity contribution in [3.63, 3.8) is 0 Å². The number of amides is 3. The van der Waals surface area contributed by atoms with E-state index in [4.69, 9.17) is 4.74 Å². The number of likely N-dealkylation sites (N-methyl/N-ethyl adjacent to an activating group) is 1. The molecule has 0 aliphatic rings. The molecule has 0 bridgehead atoms. The number of rotatable bonds is 10. The summed E-state index contributed by atoms with van der Waals surface area (Å²) in [5.74, 6) is -0.333. The third-order valence-electron chi connectivity index (χ3n) is 5.01. The van der Waals surface area contributed by atoms with Crippen LogP contribution >= 0.6 is 11.3 Å². The normalized spacial score (nSPS) is 11.3. The summed E-state index contributed by atoms with van der Waals surface area (Å²) in [6.07, 6.45) is 0.324. The molecule has 8 heteroatoms. The highest BCUT2D eigenvalue weighted by Crippen LogP contribution is 2.17. The molecule has 0 aliphatic carbocycles. The van der Waals surface area contributed by atoms with Crippen molar-refractivity contribution in [1.82, 2.24) is 10.2 Å². The molecule has 0 saturated heterocycles. The summed E-state index contributed by atoms with van der Waals surface area (Å²) in [5.41, 5.74) is 1.49. The first-order valence-corrected chi connectivity index (χ1v) is 11.5. The van der Waals surface area contributed by atoms with Crippen molar-refractivity contribution >= 4 is 34.7 Å². The fourth-order valence-corrected chi connectivity index (χ4v) is 3.95. The Kier molecular flexibility index (Phi) is 8.60. The third-order valence-corrected chi connectivity index (χ3v) is 5.88. The van der Waals surface area contributed by atoms with Gasteiger partial charge in [0, 0.05) is 24.7 Å². The molecule has 3 rings (SSSR count). The van der Waals surface area contributed by atoms with Gasteiger partial charge in [0.15, 0.2) is 0 Å².